The first kappa shape index (κ1) is 23.2. The van der Waals surface area contributed by atoms with Crippen LogP contribution in [0.3, 0.4) is 0 Å². The van der Waals surface area contributed by atoms with Crippen LogP contribution in [0.1, 0.15) is 22.7 Å². The summed E-state index contributed by atoms with van der Waals surface area (Å²) in [6.45, 7) is 1.78. The Balaban J connectivity index is 2.01. The van der Waals surface area contributed by atoms with E-state index in [1.165, 1.54) is 31.3 Å². The van der Waals surface area contributed by atoms with Gasteiger partial charge in [-0.3, -0.25) is 14.5 Å². The molecule has 8 heteroatoms. The van der Waals surface area contributed by atoms with Gasteiger partial charge in [0, 0.05) is 0 Å². The van der Waals surface area contributed by atoms with Crippen LogP contribution in [0.2, 0.25) is 5.02 Å². The summed E-state index contributed by atoms with van der Waals surface area (Å²) in [5.41, 5.74) is 1.42. The number of Topliss-reactive ketones (excluding diaryl/α,β-unsaturated/α-hetero) is 1. The second kappa shape index (κ2) is 9.11. The van der Waals surface area contributed by atoms with Crippen LogP contribution < -0.4 is 14.4 Å². The van der Waals surface area contributed by atoms with Crippen LogP contribution in [0.4, 0.5) is 5.69 Å². The first-order chi connectivity index (χ1) is 16.3. The standard InChI is InChI=1S/C26H22ClNO6/c1-14-12-17(25(34-3)18(27)13-14)23(30)21-22(15-8-10-16(33-2)11-9-15)28(26(32)24(21)31)19-6-4-5-7-20(19)29/h4-13,22,29-30H,1-3H3/b23-21+. The summed E-state index contributed by atoms with van der Waals surface area (Å²) in [4.78, 5) is 27.7. The molecule has 2 N–H and O–H groups in total. The minimum Gasteiger partial charge on any atom is -0.507 e. The number of carbonyl (C=O) groups is 2. The molecule has 0 bridgehead atoms. The van der Waals surface area contributed by atoms with Crippen molar-refractivity contribution in [1.82, 2.24) is 0 Å². The highest BCUT2D eigenvalue weighted by Gasteiger charge is 2.48. The summed E-state index contributed by atoms with van der Waals surface area (Å²) < 4.78 is 10.6. The van der Waals surface area contributed by atoms with Gasteiger partial charge < -0.3 is 19.7 Å². The average Bonchev–Trinajstić information content (AvgIpc) is 3.09. The summed E-state index contributed by atoms with van der Waals surface area (Å²) in [6.07, 6.45) is 0. The van der Waals surface area contributed by atoms with Crippen molar-refractivity contribution >= 4 is 34.7 Å². The zero-order chi connectivity index (χ0) is 24.6. The lowest BCUT2D eigenvalue weighted by atomic mass is 9.94. The molecular weight excluding hydrogens is 458 g/mol. The van der Waals surface area contributed by atoms with E-state index in [-0.39, 0.29) is 33.3 Å². The number of aromatic hydroxyl groups is 1. The molecule has 1 unspecified atom stereocenters. The number of hydrogen-bond acceptors (Lipinski definition) is 6. The molecule has 1 heterocycles. The maximum Gasteiger partial charge on any atom is 0.300 e. The first-order valence-corrected chi connectivity index (χ1v) is 10.7. The Morgan fingerprint density at radius 3 is 2.29 bits per heavy atom. The summed E-state index contributed by atoms with van der Waals surface area (Å²) >= 11 is 6.31. The van der Waals surface area contributed by atoms with Gasteiger partial charge in [-0.2, -0.15) is 0 Å². The lowest BCUT2D eigenvalue weighted by molar-refractivity contribution is -0.132. The number of ether oxygens (including phenoxy) is 2. The normalized spacial score (nSPS) is 17.2. The minimum absolute atomic E-state index is 0.138. The molecule has 0 spiro atoms. The molecule has 1 aliphatic heterocycles. The smallest absolute Gasteiger partial charge is 0.300 e. The van der Waals surface area contributed by atoms with E-state index in [0.717, 1.165) is 5.56 Å². The number of hydrogen-bond donors (Lipinski definition) is 2. The van der Waals surface area contributed by atoms with Gasteiger partial charge in [0.2, 0.25) is 0 Å². The van der Waals surface area contributed by atoms with Crippen molar-refractivity contribution in [3.8, 4) is 17.2 Å². The number of phenolic OH excluding ortho intramolecular Hbond substituents is 1. The number of ketones is 1. The summed E-state index contributed by atoms with van der Waals surface area (Å²) in [7, 11) is 2.92. The van der Waals surface area contributed by atoms with E-state index < -0.39 is 23.5 Å². The van der Waals surface area contributed by atoms with Crippen LogP contribution in [0.15, 0.2) is 66.2 Å². The molecule has 1 saturated heterocycles. The maximum atomic E-state index is 13.3. The lowest BCUT2D eigenvalue weighted by Crippen LogP contribution is -2.29. The van der Waals surface area contributed by atoms with Crippen molar-refractivity contribution in [2.24, 2.45) is 0 Å². The van der Waals surface area contributed by atoms with Gasteiger partial charge >= 0.3 is 0 Å². The third-order valence-electron chi connectivity index (χ3n) is 5.66. The van der Waals surface area contributed by atoms with Gasteiger partial charge in [0.05, 0.1) is 42.1 Å². The minimum atomic E-state index is -1.02. The molecule has 34 heavy (non-hydrogen) atoms. The number of carbonyl (C=O) groups excluding carboxylic acids is 2. The lowest BCUT2D eigenvalue weighted by Gasteiger charge is -2.26. The monoisotopic (exact) mass is 479 g/mol. The van der Waals surface area contributed by atoms with Crippen LogP contribution in [0.25, 0.3) is 5.76 Å². The number of rotatable bonds is 5. The molecule has 3 aromatic carbocycles. The van der Waals surface area contributed by atoms with E-state index in [1.54, 1.807) is 55.5 Å². The number of halogens is 1. The molecule has 0 aromatic heterocycles. The third-order valence-corrected chi connectivity index (χ3v) is 5.95. The maximum absolute atomic E-state index is 13.3. The Hall–Kier alpha value is -3.97. The molecule has 1 aliphatic rings. The molecule has 174 valence electrons. The van der Waals surface area contributed by atoms with Crippen LogP contribution in [0, 0.1) is 6.92 Å². The number of aliphatic hydroxyl groups is 1. The average molecular weight is 480 g/mol. The zero-order valence-electron chi connectivity index (χ0n) is 18.7. The molecule has 0 saturated carbocycles. The summed E-state index contributed by atoms with van der Waals surface area (Å²) in [6, 6.07) is 15.2. The Morgan fingerprint density at radius 1 is 1.00 bits per heavy atom. The highest BCUT2D eigenvalue weighted by atomic mass is 35.5. The number of aliphatic hydroxyl groups excluding tert-OH is 1. The summed E-state index contributed by atoms with van der Waals surface area (Å²) in [5.74, 6) is -1.65. The number of aryl methyl sites for hydroxylation is 1. The van der Waals surface area contributed by atoms with Crippen LogP contribution in [-0.4, -0.2) is 36.1 Å². The van der Waals surface area contributed by atoms with Gasteiger partial charge in [0.1, 0.15) is 23.0 Å². The SMILES string of the molecule is COc1ccc(C2/C(=C(\O)c3cc(C)cc(Cl)c3OC)C(=O)C(=O)N2c2ccccc2O)cc1. The fraction of sp³-hybridized carbons (Fsp3) is 0.154. The van der Waals surface area contributed by atoms with Crippen molar-refractivity contribution in [2.45, 2.75) is 13.0 Å². The zero-order valence-corrected chi connectivity index (χ0v) is 19.5. The Kier molecular flexibility index (Phi) is 6.22. The summed E-state index contributed by atoms with van der Waals surface area (Å²) in [5, 5.41) is 22.1. The van der Waals surface area contributed by atoms with Gasteiger partial charge in [-0.25, -0.2) is 0 Å². The van der Waals surface area contributed by atoms with E-state index in [9.17, 15) is 19.8 Å². The highest BCUT2D eigenvalue weighted by molar-refractivity contribution is 6.52. The third kappa shape index (κ3) is 3.84. The second-order valence-corrected chi connectivity index (χ2v) is 8.17. The highest BCUT2D eigenvalue weighted by Crippen LogP contribution is 2.46. The van der Waals surface area contributed by atoms with Gasteiger partial charge in [-0.1, -0.05) is 35.9 Å². The Bertz CT molecular complexity index is 1320. The van der Waals surface area contributed by atoms with E-state index >= 15 is 0 Å². The molecule has 4 rings (SSSR count). The number of benzene rings is 3. The van der Waals surface area contributed by atoms with E-state index in [1.807, 2.05) is 0 Å². The fourth-order valence-electron chi connectivity index (χ4n) is 4.11. The fourth-order valence-corrected chi connectivity index (χ4v) is 4.46. The number of anilines is 1. The van der Waals surface area contributed by atoms with Crippen LogP contribution in [0.5, 0.6) is 17.2 Å². The quantitative estimate of drug-likeness (QED) is 0.304. The van der Waals surface area contributed by atoms with Gasteiger partial charge in [-0.05, 0) is 54.4 Å². The van der Waals surface area contributed by atoms with Crippen molar-refractivity contribution in [3.05, 3.63) is 87.9 Å². The number of methoxy groups -OCH3 is 2. The van der Waals surface area contributed by atoms with E-state index in [2.05, 4.69) is 0 Å². The van der Waals surface area contributed by atoms with Crippen LogP contribution in [-0.2, 0) is 9.59 Å². The molecule has 0 radical (unpaired) electrons. The molecule has 1 amide bonds. The molecule has 7 nitrogen and oxygen atoms in total. The molecule has 1 fully saturated rings. The molecule has 0 aliphatic carbocycles. The van der Waals surface area contributed by atoms with Gasteiger partial charge in [0.15, 0.2) is 0 Å². The number of phenols is 1. The Morgan fingerprint density at radius 2 is 1.68 bits per heavy atom. The van der Waals surface area contributed by atoms with Crippen molar-refractivity contribution in [1.29, 1.82) is 0 Å². The first-order valence-electron chi connectivity index (χ1n) is 10.4. The Labute approximate surface area is 201 Å². The van der Waals surface area contributed by atoms with Crippen molar-refractivity contribution in [3.63, 3.8) is 0 Å². The molecule has 1 atom stereocenters. The molecule has 3 aromatic rings. The number of nitrogens with zero attached hydrogens (tertiary/aromatic N) is 1. The predicted molar refractivity (Wildman–Crippen MR) is 129 cm³/mol. The van der Waals surface area contributed by atoms with Crippen molar-refractivity contribution in [2.75, 3.05) is 19.1 Å². The van der Waals surface area contributed by atoms with Crippen LogP contribution >= 0.6 is 11.6 Å². The topological polar surface area (TPSA) is 96.3 Å². The molecular formula is C26H22ClNO6. The van der Waals surface area contributed by atoms with Crippen molar-refractivity contribution < 1.29 is 29.3 Å². The number of amides is 1. The number of para-hydroxylation sites is 2. The second-order valence-electron chi connectivity index (χ2n) is 7.76. The van der Waals surface area contributed by atoms with E-state index in [0.29, 0.717) is 11.3 Å². The van der Waals surface area contributed by atoms with E-state index in [4.69, 9.17) is 21.1 Å². The largest absolute Gasteiger partial charge is 0.507 e. The van der Waals surface area contributed by atoms with Gasteiger partial charge in [0.25, 0.3) is 11.7 Å². The van der Waals surface area contributed by atoms with Gasteiger partial charge in [-0.15, -0.1) is 0 Å². The predicted octanol–water partition coefficient (Wildman–Crippen LogP) is 5.00.